The third kappa shape index (κ3) is 3.86. The summed E-state index contributed by atoms with van der Waals surface area (Å²) in [5.41, 5.74) is 3.30. The van der Waals surface area contributed by atoms with Crippen molar-refractivity contribution < 1.29 is 9.84 Å². The SMILES string of the molecule is C/C(=C/Cl)COc1ccc(CO)cc1Br. The fourth-order valence-electron chi connectivity index (χ4n) is 0.983. The zero-order valence-electron chi connectivity index (χ0n) is 8.34. The summed E-state index contributed by atoms with van der Waals surface area (Å²) in [6.45, 7) is 2.38. The van der Waals surface area contributed by atoms with Gasteiger partial charge in [-0.25, -0.2) is 0 Å². The van der Waals surface area contributed by atoms with Gasteiger partial charge in [0.1, 0.15) is 12.4 Å². The van der Waals surface area contributed by atoms with E-state index in [2.05, 4.69) is 15.9 Å². The molecular weight excluding hydrogens is 279 g/mol. The van der Waals surface area contributed by atoms with Crippen LogP contribution in [-0.4, -0.2) is 11.7 Å². The van der Waals surface area contributed by atoms with Gasteiger partial charge in [0, 0.05) is 5.54 Å². The number of benzene rings is 1. The summed E-state index contributed by atoms with van der Waals surface area (Å²) in [6.07, 6.45) is 0. The molecule has 0 spiro atoms. The molecule has 0 saturated heterocycles. The molecule has 1 rings (SSSR count). The molecule has 0 heterocycles. The first-order chi connectivity index (χ1) is 7.17. The molecule has 1 aromatic rings. The van der Waals surface area contributed by atoms with Crippen LogP contribution in [0.4, 0.5) is 0 Å². The third-order valence-corrected chi connectivity index (χ3v) is 2.81. The quantitative estimate of drug-likeness (QED) is 0.920. The molecule has 4 heteroatoms. The fourth-order valence-corrected chi connectivity index (χ4v) is 1.59. The lowest BCUT2D eigenvalue weighted by atomic mass is 10.2. The number of halogens is 2. The van der Waals surface area contributed by atoms with E-state index < -0.39 is 0 Å². The number of hydrogen-bond acceptors (Lipinski definition) is 2. The summed E-state index contributed by atoms with van der Waals surface area (Å²) >= 11 is 8.89. The lowest BCUT2D eigenvalue weighted by Crippen LogP contribution is -1.99. The van der Waals surface area contributed by atoms with E-state index in [4.69, 9.17) is 21.4 Å². The fraction of sp³-hybridized carbons (Fsp3) is 0.273. The van der Waals surface area contributed by atoms with Crippen molar-refractivity contribution in [1.29, 1.82) is 0 Å². The van der Waals surface area contributed by atoms with Crippen LogP contribution in [-0.2, 0) is 6.61 Å². The number of aliphatic hydroxyl groups excluding tert-OH is 1. The molecule has 0 radical (unpaired) electrons. The average molecular weight is 292 g/mol. The summed E-state index contributed by atoms with van der Waals surface area (Å²) in [4.78, 5) is 0. The van der Waals surface area contributed by atoms with Gasteiger partial charge in [-0.05, 0) is 46.1 Å². The van der Waals surface area contributed by atoms with Crippen molar-refractivity contribution in [3.8, 4) is 5.75 Å². The molecule has 82 valence electrons. The first-order valence-electron chi connectivity index (χ1n) is 4.45. The lowest BCUT2D eigenvalue weighted by molar-refractivity contribution is 0.281. The van der Waals surface area contributed by atoms with Gasteiger partial charge in [0.15, 0.2) is 0 Å². The number of aliphatic hydroxyl groups is 1. The van der Waals surface area contributed by atoms with E-state index in [0.717, 1.165) is 21.4 Å². The van der Waals surface area contributed by atoms with E-state index in [1.807, 2.05) is 25.1 Å². The van der Waals surface area contributed by atoms with Gasteiger partial charge in [-0.1, -0.05) is 17.7 Å². The van der Waals surface area contributed by atoms with Crippen LogP contribution in [0.2, 0.25) is 0 Å². The van der Waals surface area contributed by atoms with Crippen molar-refractivity contribution in [3.05, 3.63) is 39.3 Å². The van der Waals surface area contributed by atoms with E-state index in [1.165, 1.54) is 5.54 Å². The van der Waals surface area contributed by atoms with E-state index >= 15 is 0 Å². The van der Waals surface area contributed by atoms with Gasteiger partial charge in [0.2, 0.25) is 0 Å². The Morgan fingerprint density at radius 2 is 2.33 bits per heavy atom. The molecule has 0 atom stereocenters. The average Bonchev–Trinajstić information content (AvgIpc) is 2.26. The van der Waals surface area contributed by atoms with Gasteiger partial charge >= 0.3 is 0 Å². The topological polar surface area (TPSA) is 29.5 Å². The highest BCUT2D eigenvalue weighted by Gasteiger charge is 2.02. The predicted octanol–water partition coefficient (Wildman–Crippen LogP) is 3.46. The minimum atomic E-state index is 0.0273. The van der Waals surface area contributed by atoms with Crippen LogP contribution in [0.5, 0.6) is 5.75 Å². The minimum absolute atomic E-state index is 0.0273. The molecule has 0 aliphatic heterocycles. The molecule has 2 nitrogen and oxygen atoms in total. The molecule has 1 N–H and O–H groups in total. The van der Waals surface area contributed by atoms with Crippen molar-refractivity contribution in [2.45, 2.75) is 13.5 Å². The van der Waals surface area contributed by atoms with Crippen molar-refractivity contribution in [2.24, 2.45) is 0 Å². The van der Waals surface area contributed by atoms with Crippen LogP contribution >= 0.6 is 27.5 Å². The molecule has 0 aliphatic carbocycles. The Labute approximate surface area is 103 Å². The number of rotatable bonds is 4. The lowest BCUT2D eigenvalue weighted by Gasteiger charge is -2.08. The van der Waals surface area contributed by atoms with Crippen LogP contribution in [0.25, 0.3) is 0 Å². The maximum Gasteiger partial charge on any atom is 0.133 e. The molecule has 0 bridgehead atoms. The molecule has 0 aliphatic rings. The molecule has 1 aromatic carbocycles. The highest BCUT2D eigenvalue weighted by molar-refractivity contribution is 9.10. The van der Waals surface area contributed by atoms with E-state index in [-0.39, 0.29) is 6.61 Å². The Balaban J connectivity index is 2.70. The maximum atomic E-state index is 8.92. The monoisotopic (exact) mass is 290 g/mol. The van der Waals surface area contributed by atoms with Crippen molar-refractivity contribution in [3.63, 3.8) is 0 Å². The Hall–Kier alpha value is -0.510. The molecule has 0 amide bonds. The standard InChI is InChI=1S/C11H12BrClO2/c1-8(5-13)7-15-11-3-2-9(6-14)4-10(11)12/h2-5,14H,6-7H2,1H3/b8-5-. The zero-order valence-corrected chi connectivity index (χ0v) is 10.7. The molecule has 15 heavy (non-hydrogen) atoms. The Bertz CT molecular complexity index is 364. The van der Waals surface area contributed by atoms with Gasteiger partial charge < -0.3 is 9.84 Å². The van der Waals surface area contributed by atoms with Crippen LogP contribution < -0.4 is 4.74 Å². The Kier molecular flexibility index (Phi) is 5.15. The first-order valence-corrected chi connectivity index (χ1v) is 5.68. The first kappa shape index (κ1) is 12.6. The predicted molar refractivity (Wildman–Crippen MR) is 65.2 cm³/mol. The summed E-state index contributed by atoms with van der Waals surface area (Å²) in [6, 6.07) is 5.46. The van der Waals surface area contributed by atoms with Gasteiger partial charge in [0.25, 0.3) is 0 Å². The Morgan fingerprint density at radius 3 is 2.87 bits per heavy atom. The molecule has 0 unspecified atom stereocenters. The van der Waals surface area contributed by atoms with Crippen molar-refractivity contribution in [1.82, 2.24) is 0 Å². The normalized spacial score (nSPS) is 11.6. The van der Waals surface area contributed by atoms with E-state index in [0.29, 0.717) is 6.61 Å². The summed E-state index contributed by atoms with van der Waals surface area (Å²) in [5, 5.41) is 8.92. The zero-order chi connectivity index (χ0) is 11.3. The van der Waals surface area contributed by atoms with Gasteiger partial charge in [-0.3, -0.25) is 0 Å². The van der Waals surface area contributed by atoms with E-state index in [9.17, 15) is 0 Å². The Morgan fingerprint density at radius 1 is 1.60 bits per heavy atom. The number of ether oxygens (including phenoxy) is 1. The maximum absolute atomic E-state index is 8.92. The van der Waals surface area contributed by atoms with Crippen LogP contribution in [0, 0.1) is 0 Å². The van der Waals surface area contributed by atoms with Crippen LogP contribution in [0.3, 0.4) is 0 Å². The second-order valence-electron chi connectivity index (χ2n) is 3.17. The highest BCUT2D eigenvalue weighted by atomic mass is 79.9. The van der Waals surface area contributed by atoms with Crippen LogP contribution in [0.1, 0.15) is 12.5 Å². The van der Waals surface area contributed by atoms with Crippen molar-refractivity contribution >= 4 is 27.5 Å². The minimum Gasteiger partial charge on any atom is -0.488 e. The van der Waals surface area contributed by atoms with E-state index in [1.54, 1.807) is 0 Å². The summed E-state index contributed by atoms with van der Waals surface area (Å²) in [5.74, 6) is 0.741. The summed E-state index contributed by atoms with van der Waals surface area (Å²) < 4.78 is 6.34. The number of hydrogen-bond donors (Lipinski definition) is 1. The van der Waals surface area contributed by atoms with Crippen molar-refractivity contribution in [2.75, 3.05) is 6.61 Å². The smallest absolute Gasteiger partial charge is 0.133 e. The molecule has 0 aromatic heterocycles. The largest absolute Gasteiger partial charge is 0.488 e. The third-order valence-electron chi connectivity index (χ3n) is 1.82. The van der Waals surface area contributed by atoms with Gasteiger partial charge in [-0.15, -0.1) is 0 Å². The summed E-state index contributed by atoms with van der Waals surface area (Å²) in [7, 11) is 0. The second-order valence-corrected chi connectivity index (χ2v) is 4.24. The van der Waals surface area contributed by atoms with Gasteiger partial charge in [0.05, 0.1) is 11.1 Å². The molecular formula is C11H12BrClO2. The highest BCUT2D eigenvalue weighted by Crippen LogP contribution is 2.26. The second kappa shape index (κ2) is 6.16. The van der Waals surface area contributed by atoms with Crippen LogP contribution in [0.15, 0.2) is 33.8 Å². The van der Waals surface area contributed by atoms with Gasteiger partial charge in [-0.2, -0.15) is 0 Å². The molecule has 0 saturated carbocycles. The molecule has 0 fully saturated rings.